The number of nitrogens with zero attached hydrogens (tertiary/aromatic N) is 1. The number of hydrogen-bond acceptors (Lipinski definition) is 1. The molecule has 0 aliphatic rings. The van der Waals surface area contributed by atoms with Gasteiger partial charge in [0.05, 0.1) is 5.52 Å². The molecule has 1 heterocycles. The molecule has 3 nitrogen and oxygen atoms in total. The van der Waals surface area contributed by atoms with Crippen molar-refractivity contribution in [2.45, 2.75) is 20.4 Å². The number of carboxylic acid groups (broad SMARTS) is 1. The van der Waals surface area contributed by atoms with Crippen molar-refractivity contribution in [3.8, 4) is 0 Å². The Labute approximate surface area is 98.3 Å². The average molecular weight is 238 g/mol. The summed E-state index contributed by atoms with van der Waals surface area (Å²) in [4.78, 5) is 11.2. The molecule has 0 aliphatic heterocycles. The molecule has 84 valence electrons. The third-order valence-electron chi connectivity index (χ3n) is 2.75. The van der Waals surface area contributed by atoms with E-state index < -0.39 is 5.97 Å². The molecule has 0 bridgehead atoms. The van der Waals surface area contributed by atoms with Gasteiger partial charge < -0.3 is 9.67 Å². The molecule has 1 N–H and O–H groups in total. The van der Waals surface area contributed by atoms with E-state index in [1.165, 1.54) is 0 Å². The van der Waals surface area contributed by atoms with Crippen LogP contribution < -0.4 is 0 Å². The lowest BCUT2D eigenvalue weighted by molar-refractivity contribution is 0.0699. The quantitative estimate of drug-likeness (QED) is 0.871. The van der Waals surface area contributed by atoms with E-state index in [4.69, 9.17) is 16.7 Å². The minimum Gasteiger partial charge on any atom is -0.478 e. The first kappa shape index (κ1) is 11.0. The lowest BCUT2D eigenvalue weighted by Gasteiger charge is -2.04. The van der Waals surface area contributed by atoms with Gasteiger partial charge in [-0.2, -0.15) is 0 Å². The first-order valence-corrected chi connectivity index (χ1v) is 5.46. The molecule has 0 atom stereocenters. The molecule has 0 unspecified atom stereocenters. The molecule has 2 rings (SSSR count). The predicted octanol–water partition coefficient (Wildman–Crippen LogP) is 3.32. The molecule has 0 fully saturated rings. The van der Waals surface area contributed by atoms with E-state index in [9.17, 15) is 4.79 Å². The van der Waals surface area contributed by atoms with E-state index in [2.05, 4.69) is 0 Å². The van der Waals surface area contributed by atoms with Crippen LogP contribution in [0.25, 0.3) is 10.9 Å². The summed E-state index contributed by atoms with van der Waals surface area (Å²) >= 11 is 6.10. The molecular formula is C12H12ClNO2. The van der Waals surface area contributed by atoms with Crippen LogP contribution in [-0.4, -0.2) is 15.6 Å². The van der Waals surface area contributed by atoms with Crippen molar-refractivity contribution in [1.29, 1.82) is 0 Å². The van der Waals surface area contributed by atoms with E-state index in [0.29, 0.717) is 17.1 Å². The number of benzene rings is 1. The van der Waals surface area contributed by atoms with Crippen molar-refractivity contribution in [2.75, 3.05) is 0 Å². The minimum absolute atomic E-state index is 0.196. The summed E-state index contributed by atoms with van der Waals surface area (Å²) in [6.45, 7) is 4.56. The van der Waals surface area contributed by atoms with Gasteiger partial charge in [-0.1, -0.05) is 29.8 Å². The highest BCUT2D eigenvalue weighted by molar-refractivity contribution is 6.35. The zero-order chi connectivity index (χ0) is 11.9. The third-order valence-corrected chi connectivity index (χ3v) is 3.14. The predicted molar refractivity (Wildman–Crippen MR) is 64.3 cm³/mol. The van der Waals surface area contributed by atoms with Crippen LogP contribution in [0.2, 0.25) is 5.15 Å². The molecule has 0 radical (unpaired) electrons. The van der Waals surface area contributed by atoms with Crippen LogP contribution in [0.4, 0.5) is 0 Å². The topological polar surface area (TPSA) is 42.2 Å². The van der Waals surface area contributed by atoms with Crippen LogP contribution >= 0.6 is 11.6 Å². The van der Waals surface area contributed by atoms with Crippen LogP contribution in [0.15, 0.2) is 18.2 Å². The summed E-state index contributed by atoms with van der Waals surface area (Å²) in [5.41, 5.74) is 2.14. The Hall–Kier alpha value is -1.48. The van der Waals surface area contributed by atoms with Crippen LogP contribution in [0.3, 0.4) is 0 Å². The second-order valence-corrected chi connectivity index (χ2v) is 4.04. The Balaban J connectivity index is 2.98. The summed E-state index contributed by atoms with van der Waals surface area (Å²) in [6, 6.07) is 5.60. The maximum Gasteiger partial charge on any atom is 0.339 e. The average Bonchev–Trinajstić information content (AvgIpc) is 2.51. The van der Waals surface area contributed by atoms with E-state index in [-0.39, 0.29) is 5.56 Å². The van der Waals surface area contributed by atoms with Gasteiger partial charge in [-0.25, -0.2) is 4.79 Å². The molecule has 0 aliphatic carbocycles. The third kappa shape index (κ3) is 1.39. The van der Waals surface area contributed by atoms with Crippen molar-refractivity contribution in [3.63, 3.8) is 0 Å². The summed E-state index contributed by atoms with van der Waals surface area (Å²) in [5.74, 6) is -0.979. The smallest absolute Gasteiger partial charge is 0.339 e. The highest BCUT2D eigenvalue weighted by Crippen LogP contribution is 2.31. The monoisotopic (exact) mass is 237 g/mol. The zero-order valence-corrected chi connectivity index (χ0v) is 9.88. The SMILES string of the molecule is CCn1c(Cl)c(C(=O)O)c2cccc(C)c21. The van der Waals surface area contributed by atoms with Crippen molar-refractivity contribution < 1.29 is 9.90 Å². The van der Waals surface area contributed by atoms with E-state index >= 15 is 0 Å². The van der Waals surface area contributed by atoms with Gasteiger partial charge in [0.2, 0.25) is 0 Å². The van der Waals surface area contributed by atoms with Gasteiger partial charge in [-0.15, -0.1) is 0 Å². The molecule has 0 amide bonds. The van der Waals surface area contributed by atoms with Crippen LogP contribution in [0.5, 0.6) is 0 Å². The lowest BCUT2D eigenvalue weighted by atomic mass is 10.1. The number of aromatic nitrogens is 1. The van der Waals surface area contributed by atoms with Gasteiger partial charge in [-0.3, -0.25) is 0 Å². The number of halogens is 1. The Bertz CT molecular complexity index is 572. The van der Waals surface area contributed by atoms with Crippen LogP contribution in [-0.2, 0) is 6.54 Å². The van der Waals surface area contributed by atoms with Gasteiger partial charge in [-0.05, 0) is 19.4 Å². The van der Waals surface area contributed by atoms with Gasteiger partial charge >= 0.3 is 5.97 Å². The number of aryl methyl sites for hydroxylation is 2. The lowest BCUT2D eigenvalue weighted by Crippen LogP contribution is -1.98. The summed E-state index contributed by atoms with van der Waals surface area (Å²) in [5, 5.41) is 10.2. The molecule has 16 heavy (non-hydrogen) atoms. The van der Waals surface area contributed by atoms with Crippen molar-refractivity contribution in [3.05, 3.63) is 34.5 Å². The first-order valence-electron chi connectivity index (χ1n) is 5.08. The Morgan fingerprint density at radius 2 is 2.19 bits per heavy atom. The molecule has 0 saturated carbocycles. The first-order chi connectivity index (χ1) is 7.57. The molecule has 4 heteroatoms. The summed E-state index contributed by atoms with van der Waals surface area (Å²) in [7, 11) is 0. The fourth-order valence-electron chi connectivity index (χ4n) is 2.06. The Morgan fingerprint density at radius 1 is 1.50 bits per heavy atom. The van der Waals surface area contributed by atoms with Gasteiger partial charge in [0.1, 0.15) is 10.7 Å². The van der Waals surface area contributed by atoms with Crippen LogP contribution in [0, 0.1) is 6.92 Å². The van der Waals surface area contributed by atoms with Gasteiger partial charge in [0, 0.05) is 11.9 Å². The molecular weight excluding hydrogens is 226 g/mol. The van der Waals surface area contributed by atoms with Gasteiger partial charge in [0.25, 0.3) is 0 Å². The zero-order valence-electron chi connectivity index (χ0n) is 9.12. The maximum atomic E-state index is 11.2. The minimum atomic E-state index is -0.979. The molecule has 0 spiro atoms. The molecule has 1 aromatic carbocycles. The standard InChI is InChI=1S/C12H12ClNO2/c1-3-14-10-7(2)5-4-6-8(10)9(11(14)13)12(15)16/h4-6H,3H2,1-2H3,(H,15,16). The second kappa shape index (κ2) is 3.83. The summed E-state index contributed by atoms with van der Waals surface area (Å²) < 4.78 is 1.83. The van der Waals surface area contributed by atoms with Gasteiger partial charge in [0.15, 0.2) is 0 Å². The highest BCUT2D eigenvalue weighted by atomic mass is 35.5. The number of carbonyl (C=O) groups is 1. The van der Waals surface area contributed by atoms with E-state index in [0.717, 1.165) is 11.1 Å². The largest absolute Gasteiger partial charge is 0.478 e. The molecule has 0 saturated heterocycles. The number of aromatic carboxylic acids is 1. The highest BCUT2D eigenvalue weighted by Gasteiger charge is 2.20. The van der Waals surface area contributed by atoms with E-state index in [1.807, 2.05) is 30.5 Å². The number of carboxylic acids is 1. The number of fused-ring (bicyclic) bond motifs is 1. The van der Waals surface area contributed by atoms with Crippen LogP contribution in [0.1, 0.15) is 22.8 Å². The summed E-state index contributed by atoms with van der Waals surface area (Å²) in [6.07, 6.45) is 0. The second-order valence-electron chi connectivity index (χ2n) is 3.69. The number of rotatable bonds is 2. The number of para-hydroxylation sites is 1. The Morgan fingerprint density at radius 3 is 2.75 bits per heavy atom. The normalized spacial score (nSPS) is 10.9. The number of hydrogen-bond donors (Lipinski definition) is 1. The fraction of sp³-hybridized carbons (Fsp3) is 0.250. The molecule has 2 aromatic rings. The Kier molecular flexibility index (Phi) is 2.64. The maximum absolute atomic E-state index is 11.2. The van der Waals surface area contributed by atoms with E-state index in [1.54, 1.807) is 6.07 Å². The van der Waals surface area contributed by atoms with Crippen molar-refractivity contribution >= 4 is 28.5 Å². The van der Waals surface area contributed by atoms with Crippen molar-refractivity contribution in [2.24, 2.45) is 0 Å². The van der Waals surface area contributed by atoms with Crippen molar-refractivity contribution in [1.82, 2.24) is 4.57 Å². The molecule has 1 aromatic heterocycles. The fourth-order valence-corrected chi connectivity index (χ4v) is 2.45.